The van der Waals surface area contributed by atoms with Crippen molar-refractivity contribution in [1.29, 1.82) is 0 Å². The molecule has 0 N–H and O–H groups in total. The van der Waals surface area contributed by atoms with Crippen molar-refractivity contribution in [3.05, 3.63) is 24.3 Å². The van der Waals surface area contributed by atoms with Crippen LogP contribution in [-0.2, 0) is 18.9 Å². The largest absolute Gasteiger partial charge is 0.343 e. The molecular formula is C13H16O4. The van der Waals surface area contributed by atoms with Crippen LogP contribution in [0.3, 0.4) is 0 Å². The smallest absolute Gasteiger partial charge is 0.194 e. The fourth-order valence-electron chi connectivity index (χ4n) is 3.28. The Bertz CT molecular complexity index is 339. The molecule has 4 heteroatoms. The van der Waals surface area contributed by atoms with Gasteiger partial charge in [-0.15, -0.1) is 0 Å². The Morgan fingerprint density at radius 1 is 0.706 bits per heavy atom. The van der Waals surface area contributed by atoms with Crippen LogP contribution in [0.2, 0.25) is 0 Å². The normalized spacial score (nSPS) is 40.5. The van der Waals surface area contributed by atoms with Crippen LogP contribution >= 0.6 is 0 Å². The van der Waals surface area contributed by atoms with Gasteiger partial charge in [0, 0.05) is 11.8 Å². The molecule has 2 bridgehead atoms. The summed E-state index contributed by atoms with van der Waals surface area (Å²) in [5.74, 6) is -0.489. The summed E-state index contributed by atoms with van der Waals surface area (Å²) >= 11 is 0. The van der Waals surface area contributed by atoms with E-state index in [1.54, 1.807) is 0 Å². The van der Waals surface area contributed by atoms with E-state index >= 15 is 0 Å². The van der Waals surface area contributed by atoms with Gasteiger partial charge in [0.1, 0.15) is 0 Å². The van der Waals surface area contributed by atoms with E-state index in [-0.39, 0.29) is 11.8 Å². The summed E-state index contributed by atoms with van der Waals surface area (Å²) in [5.41, 5.74) is 0. The number of rotatable bonds is 0. The minimum atomic E-state index is -0.521. The van der Waals surface area contributed by atoms with Crippen LogP contribution in [-0.4, -0.2) is 38.0 Å². The van der Waals surface area contributed by atoms with Gasteiger partial charge in [0.2, 0.25) is 0 Å². The first-order valence-corrected chi connectivity index (χ1v) is 6.28. The maximum absolute atomic E-state index is 5.78. The first kappa shape index (κ1) is 10.3. The SMILES string of the molecule is C1=CC2(OCCO2)C2C=CC3(OCCO3)C1C2. The van der Waals surface area contributed by atoms with E-state index in [2.05, 4.69) is 24.3 Å². The van der Waals surface area contributed by atoms with Crippen molar-refractivity contribution < 1.29 is 18.9 Å². The molecule has 92 valence electrons. The summed E-state index contributed by atoms with van der Waals surface area (Å²) in [4.78, 5) is 0. The van der Waals surface area contributed by atoms with Gasteiger partial charge in [-0.3, -0.25) is 0 Å². The molecule has 4 aliphatic rings. The molecule has 4 rings (SSSR count). The Kier molecular flexibility index (Phi) is 2.06. The molecule has 2 heterocycles. The van der Waals surface area contributed by atoms with Crippen LogP contribution in [0.15, 0.2) is 24.3 Å². The summed E-state index contributed by atoms with van der Waals surface area (Å²) in [6.45, 7) is 2.71. The molecule has 0 aromatic carbocycles. The molecule has 0 aromatic rings. The molecule has 0 radical (unpaired) electrons. The zero-order valence-corrected chi connectivity index (χ0v) is 9.63. The molecule has 0 saturated carbocycles. The average molecular weight is 236 g/mol. The second-order valence-corrected chi connectivity index (χ2v) is 5.00. The molecule has 2 aliphatic heterocycles. The Hall–Kier alpha value is -0.680. The molecule has 2 aliphatic carbocycles. The lowest BCUT2D eigenvalue weighted by Gasteiger charge is -2.44. The van der Waals surface area contributed by atoms with Crippen LogP contribution in [0, 0.1) is 11.8 Å². The lowest BCUT2D eigenvalue weighted by molar-refractivity contribution is -0.191. The van der Waals surface area contributed by atoms with Gasteiger partial charge < -0.3 is 18.9 Å². The first-order chi connectivity index (χ1) is 8.33. The summed E-state index contributed by atoms with van der Waals surface area (Å²) in [5, 5.41) is 0. The van der Waals surface area contributed by atoms with E-state index in [0.717, 1.165) is 6.42 Å². The van der Waals surface area contributed by atoms with Gasteiger partial charge in [-0.1, -0.05) is 12.2 Å². The molecule has 4 nitrogen and oxygen atoms in total. The second-order valence-electron chi connectivity index (χ2n) is 5.00. The summed E-state index contributed by atoms with van der Waals surface area (Å²) in [6, 6.07) is 0. The Morgan fingerprint density at radius 3 is 1.53 bits per heavy atom. The maximum atomic E-state index is 5.78. The lowest BCUT2D eigenvalue weighted by Crippen LogP contribution is -2.49. The van der Waals surface area contributed by atoms with Crippen molar-refractivity contribution in [3.63, 3.8) is 0 Å². The van der Waals surface area contributed by atoms with E-state index in [1.807, 2.05) is 0 Å². The van der Waals surface area contributed by atoms with Crippen molar-refractivity contribution >= 4 is 0 Å². The average Bonchev–Trinajstić information content (AvgIpc) is 2.99. The van der Waals surface area contributed by atoms with E-state index < -0.39 is 11.6 Å². The van der Waals surface area contributed by atoms with Crippen molar-refractivity contribution in [3.8, 4) is 0 Å². The van der Waals surface area contributed by atoms with Gasteiger partial charge in [-0.25, -0.2) is 0 Å². The molecule has 2 unspecified atom stereocenters. The number of hydrogen-bond donors (Lipinski definition) is 0. The third kappa shape index (κ3) is 1.32. The van der Waals surface area contributed by atoms with Crippen molar-refractivity contribution in [1.82, 2.24) is 0 Å². The third-order valence-electron chi connectivity index (χ3n) is 4.14. The highest BCUT2D eigenvalue weighted by atomic mass is 16.7. The Morgan fingerprint density at radius 2 is 1.12 bits per heavy atom. The quantitative estimate of drug-likeness (QED) is 0.593. The zero-order valence-electron chi connectivity index (χ0n) is 9.63. The van der Waals surface area contributed by atoms with Gasteiger partial charge in [0.05, 0.1) is 26.4 Å². The van der Waals surface area contributed by atoms with Gasteiger partial charge >= 0.3 is 0 Å². The maximum Gasteiger partial charge on any atom is 0.194 e. The highest BCUT2D eigenvalue weighted by Crippen LogP contribution is 2.48. The molecule has 17 heavy (non-hydrogen) atoms. The van der Waals surface area contributed by atoms with Gasteiger partial charge in [-0.05, 0) is 18.6 Å². The molecule has 0 amide bonds. The molecule has 0 aromatic heterocycles. The molecule has 2 saturated heterocycles. The summed E-state index contributed by atoms with van der Waals surface area (Å²) in [6.07, 6.45) is 9.34. The minimum Gasteiger partial charge on any atom is -0.343 e. The number of hydrogen-bond acceptors (Lipinski definition) is 4. The van der Waals surface area contributed by atoms with E-state index in [0.29, 0.717) is 26.4 Å². The van der Waals surface area contributed by atoms with Gasteiger partial charge in [0.25, 0.3) is 0 Å². The van der Waals surface area contributed by atoms with Crippen LogP contribution < -0.4 is 0 Å². The number of ether oxygens (including phenoxy) is 4. The van der Waals surface area contributed by atoms with Crippen LogP contribution in [0.4, 0.5) is 0 Å². The van der Waals surface area contributed by atoms with E-state index in [9.17, 15) is 0 Å². The molecule has 2 atom stereocenters. The highest BCUT2D eigenvalue weighted by molar-refractivity contribution is 5.24. The second kappa shape index (κ2) is 3.42. The summed E-state index contributed by atoms with van der Waals surface area (Å²) < 4.78 is 23.1. The zero-order chi connectivity index (χ0) is 11.3. The standard InChI is InChI=1S/C13H16O4/c1-3-12(14-5-6-15-12)11-2-4-13(10(1)9-11)16-7-8-17-13/h1-4,10-11H,5-9H2. The predicted octanol–water partition coefficient (Wildman–Crippen LogP) is 1.23. The number of fused-ring (bicyclic) bond motifs is 4. The fraction of sp³-hybridized carbons (Fsp3) is 0.692. The Labute approximate surface area is 100 Å². The fourth-order valence-corrected chi connectivity index (χ4v) is 3.28. The predicted molar refractivity (Wildman–Crippen MR) is 59.1 cm³/mol. The van der Waals surface area contributed by atoms with E-state index in [4.69, 9.17) is 18.9 Å². The Balaban J connectivity index is 1.69. The molecule has 2 fully saturated rings. The van der Waals surface area contributed by atoms with E-state index in [1.165, 1.54) is 0 Å². The van der Waals surface area contributed by atoms with Crippen molar-refractivity contribution in [2.75, 3.05) is 26.4 Å². The van der Waals surface area contributed by atoms with Crippen LogP contribution in [0.1, 0.15) is 6.42 Å². The monoisotopic (exact) mass is 236 g/mol. The van der Waals surface area contributed by atoms with Crippen LogP contribution in [0.5, 0.6) is 0 Å². The first-order valence-electron chi connectivity index (χ1n) is 6.28. The highest BCUT2D eigenvalue weighted by Gasteiger charge is 2.53. The van der Waals surface area contributed by atoms with Crippen molar-refractivity contribution in [2.24, 2.45) is 11.8 Å². The van der Waals surface area contributed by atoms with Gasteiger partial charge in [0.15, 0.2) is 11.6 Å². The minimum absolute atomic E-state index is 0.276. The summed E-state index contributed by atoms with van der Waals surface area (Å²) in [7, 11) is 0. The third-order valence-corrected chi connectivity index (χ3v) is 4.14. The molecule has 2 spiro atoms. The topological polar surface area (TPSA) is 36.9 Å². The van der Waals surface area contributed by atoms with Crippen molar-refractivity contribution in [2.45, 2.75) is 18.0 Å². The van der Waals surface area contributed by atoms with Crippen LogP contribution in [0.25, 0.3) is 0 Å². The molecular weight excluding hydrogens is 220 g/mol. The lowest BCUT2D eigenvalue weighted by atomic mass is 9.74. The van der Waals surface area contributed by atoms with Gasteiger partial charge in [-0.2, -0.15) is 0 Å².